The number of aromatic nitrogens is 4. The van der Waals surface area contributed by atoms with Gasteiger partial charge in [-0.05, 0) is 12.3 Å². The van der Waals surface area contributed by atoms with Gasteiger partial charge in [0.25, 0.3) is 0 Å². The lowest BCUT2D eigenvalue weighted by Gasteiger charge is -2.30. The predicted molar refractivity (Wildman–Crippen MR) is 233 cm³/mol. The highest BCUT2D eigenvalue weighted by Gasteiger charge is 2.50. The van der Waals surface area contributed by atoms with Crippen molar-refractivity contribution in [1.29, 1.82) is 0 Å². The van der Waals surface area contributed by atoms with E-state index in [2.05, 4.69) is 48.3 Å². The second-order valence-corrected chi connectivity index (χ2v) is 21.6. The third-order valence-electron chi connectivity index (χ3n) is 10.1. The Kier molecular flexibility index (Phi) is 22.9. The second-order valence-electron chi connectivity index (χ2n) is 16.2. The zero-order valence-corrected chi connectivity index (χ0v) is 39.9. The molecule has 28 heteroatoms. The van der Waals surface area contributed by atoms with Gasteiger partial charge < -0.3 is 50.9 Å². The number of phosphoric acid groups is 3. The molecule has 1 fully saturated rings. The molecule has 0 aromatic carbocycles. The van der Waals surface area contributed by atoms with Crippen LogP contribution in [0.5, 0.6) is 0 Å². The van der Waals surface area contributed by atoms with Crippen LogP contribution >= 0.6 is 35.2 Å². The Hall–Kier alpha value is -2.44. The molecule has 2 aromatic rings. The van der Waals surface area contributed by atoms with Crippen LogP contribution in [0, 0.1) is 11.3 Å². The van der Waals surface area contributed by atoms with Crippen LogP contribution < -0.4 is 16.4 Å². The van der Waals surface area contributed by atoms with E-state index in [0.29, 0.717) is 18.1 Å². The van der Waals surface area contributed by atoms with Crippen molar-refractivity contribution in [1.82, 2.24) is 30.2 Å². The number of hydrogen-bond donors (Lipinski definition) is 9. The number of nitrogens with zero attached hydrogens (tertiary/aromatic N) is 4. The lowest BCUT2D eigenvalue weighted by atomic mass is 9.87. The van der Waals surface area contributed by atoms with E-state index in [4.69, 9.17) is 19.5 Å². The van der Waals surface area contributed by atoms with Crippen LogP contribution in [0.1, 0.15) is 111 Å². The molecule has 0 spiro atoms. The summed E-state index contributed by atoms with van der Waals surface area (Å²) in [6.45, 7) is 5.05. The van der Waals surface area contributed by atoms with Gasteiger partial charge in [-0.3, -0.25) is 32.5 Å². The number of imidazole rings is 1. The van der Waals surface area contributed by atoms with Gasteiger partial charge in [0.15, 0.2) is 22.8 Å². The zero-order valence-electron chi connectivity index (χ0n) is 36.4. The number of nitrogen functional groups attached to an aromatic ring is 1. The Bertz CT molecular complexity index is 1960. The maximum absolute atomic E-state index is 12.7. The number of phosphoric ester groups is 3. The van der Waals surface area contributed by atoms with Gasteiger partial charge in [-0.1, -0.05) is 97.2 Å². The molecule has 0 radical (unpaired) electrons. The number of ether oxygens (including phenoxy) is 1. The fourth-order valence-electron chi connectivity index (χ4n) is 6.55. The number of nitrogens with two attached hydrogens (primary N) is 1. The number of aliphatic hydroxyl groups is 2. The number of carbonyl (C=O) groups excluding carboxylic acids is 3. The van der Waals surface area contributed by atoms with E-state index in [1.165, 1.54) is 58.8 Å². The fourth-order valence-corrected chi connectivity index (χ4v) is 10.1. The third kappa shape index (κ3) is 19.4. The summed E-state index contributed by atoms with van der Waals surface area (Å²) in [6.07, 6.45) is 5.46. The number of amides is 2. The topological polar surface area (TPSA) is 364 Å². The van der Waals surface area contributed by atoms with Crippen molar-refractivity contribution in [2.24, 2.45) is 11.3 Å². The number of unbranched alkanes of at least 4 members (excludes halogenated alkanes) is 6. The molecule has 366 valence electrons. The van der Waals surface area contributed by atoms with Crippen molar-refractivity contribution >= 4 is 69.1 Å². The van der Waals surface area contributed by atoms with Gasteiger partial charge in [0.05, 0.1) is 19.5 Å². The lowest BCUT2D eigenvalue weighted by Crippen LogP contribution is -2.46. The molecule has 8 unspecified atom stereocenters. The van der Waals surface area contributed by atoms with Crippen LogP contribution in [0.15, 0.2) is 12.7 Å². The Morgan fingerprint density at radius 2 is 1.59 bits per heavy atom. The molecule has 3 rings (SSSR count). The van der Waals surface area contributed by atoms with Crippen molar-refractivity contribution < 1.29 is 80.5 Å². The monoisotopic (exact) mass is 991 g/mol. The van der Waals surface area contributed by atoms with E-state index in [0.717, 1.165) is 48.2 Å². The van der Waals surface area contributed by atoms with E-state index in [1.54, 1.807) is 0 Å². The van der Waals surface area contributed by atoms with E-state index < -0.39 is 84.6 Å². The van der Waals surface area contributed by atoms with Crippen LogP contribution in [0.2, 0.25) is 0 Å². The molecular weight excluding hydrogens is 927 g/mol. The molecule has 10 N–H and O–H groups in total. The first-order valence-electron chi connectivity index (χ1n) is 21.0. The third-order valence-corrected chi connectivity index (χ3v) is 14.2. The van der Waals surface area contributed by atoms with Crippen LogP contribution in [0.4, 0.5) is 5.82 Å². The van der Waals surface area contributed by atoms with Crippen LogP contribution in [-0.2, 0) is 50.7 Å². The molecule has 64 heavy (non-hydrogen) atoms. The first-order chi connectivity index (χ1) is 29.9. The first-order valence-corrected chi connectivity index (χ1v) is 26.5. The summed E-state index contributed by atoms with van der Waals surface area (Å²) in [6, 6.07) is 0. The summed E-state index contributed by atoms with van der Waals surface area (Å²) in [7, 11) is -16.4. The first kappa shape index (κ1) is 55.9. The van der Waals surface area contributed by atoms with Crippen molar-refractivity contribution in [2.45, 2.75) is 135 Å². The highest BCUT2D eigenvalue weighted by atomic mass is 32.2. The highest BCUT2D eigenvalue weighted by molar-refractivity contribution is 8.13. The maximum Gasteiger partial charge on any atom is 0.481 e. The number of anilines is 1. The largest absolute Gasteiger partial charge is 0.481 e. The number of rotatable bonds is 31. The normalized spacial score (nSPS) is 21.0. The van der Waals surface area contributed by atoms with E-state index in [-0.39, 0.29) is 41.6 Å². The zero-order chi connectivity index (χ0) is 47.7. The van der Waals surface area contributed by atoms with Gasteiger partial charge in [0.1, 0.15) is 36.3 Å². The van der Waals surface area contributed by atoms with Crippen molar-refractivity contribution in [2.75, 3.05) is 37.8 Å². The second kappa shape index (κ2) is 26.2. The molecule has 0 aliphatic carbocycles. The number of thioether (sulfide) groups is 1. The average molecular weight is 992 g/mol. The minimum Gasteiger partial charge on any atom is -0.386 e. The predicted octanol–water partition coefficient (Wildman–Crippen LogP) is 3.61. The van der Waals surface area contributed by atoms with Crippen molar-refractivity contribution in [3.8, 4) is 0 Å². The highest BCUT2D eigenvalue weighted by Crippen LogP contribution is 2.61. The Morgan fingerprint density at radius 1 is 0.938 bits per heavy atom. The van der Waals surface area contributed by atoms with Crippen molar-refractivity contribution in [3.05, 3.63) is 12.7 Å². The lowest BCUT2D eigenvalue weighted by molar-refractivity contribution is -0.137. The molecule has 2 amide bonds. The van der Waals surface area contributed by atoms with E-state index in [9.17, 15) is 57.9 Å². The van der Waals surface area contributed by atoms with Crippen LogP contribution in [0.3, 0.4) is 0 Å². The molecule has 1 aliphatic heterocycles. The molecule has 1 saturated heterocycles. The number of carbonyl (C=O) groups is 3. The van der Waals surface area contributed by atoms with Gasteiger partial charge in [0.2, 0.25) is 11.8 Å². The number of aliphatic hydroxyl groups excluding tert-OH is 2. The molecule has 1 aliphatic rings. The van der Waals surface area contributed by atoms with E-state index >= 15 is 0 Å². The maximum atomic E-state index is 12.7. The average Bonchev–Trinajstić information content (AvgIpc) is 3.77. The summed E-state index contributed by atoms with van der Waals surface area (Å²) in [5, 5.41) is 26.6. The van der Waals surface area contributed by atoms with Gasteiger partial charge in [-0.25, -0.2) is 28.6 Å². The smallest absolute Gasteiger partial charge is 0.386 e. The Morgan fingerprint density at radius 3 is 2.28 bits per heavy atom. The van der Waals surface area contributed by atoms with Gasteiger partial charge in [-0.2, -0.15) is 4.31 Å². The van der Waals surface area contributed by atoms with Gasteiger partial charge in [0, 0.05) is 37.1 Å². The summed E-state index contributed by atoms with van der Waals surface area (Å²) in [5.74, 6) is -0.375. The molecule has 2 aromatic heterocycles. The SMILES string of the molecule is CCCCCCCCC(C)CCCCC(=O)SCCNC(=O)CCNC(=O)C(O)C(C)(C)COP(=O)(O)OP(=O)(O)OCC1OC(n2cnc3c(N)ncnc32)C(O)C1OP(=O)(O)O. The summed E-state index contributed by atoms with van der Waals surface area (Å²) < 4.78 is 62.4. The quantitative estimate of drug-likeness (QED) is 0.0385. The van der Waals surface area contributed by atoms with Crippen LogP contribution in [0.25, 0.3) is 11.2 Å². The number of fused-ring (bicyclic) bond motifs is 1. The molecule has 24 nitrogen and oxygen atoms in total. The fraction of sp³-hybridized carbons (Fsp3) is 0.778. The number of hydrogen-bond acceptors (Lipinski definition) is 18. The minimum absolute atomic E-state index is 0.0333. The van der Waals surface area contributed by atoms with Crippen LogP contribution in [-0.4, -0.2) is 123 Å². The summed E-state index contributed by atoms with van der Waals surface area (Å²) in [5.41, 5.74) is 4.28. The minimum atomic E-state index is -5.57. The molecule has 8 atom stereocenters. The van der Waals surface area contributed by atoms with E-state index in [1.807, 2.05) is 0 Å². The van der Waals surface area contributed by atoms with Gasteiger partial charge >= 0.3 is 23.5 Å². The summed E-state index contributed by atoms with van der Waals surface area (Å²) >= 11 is 1.15. The Labute approximate surface area is 376 Å². The van der Waals surface area contributed by atoms with Gasteiger partial charge in [-0.15, -0.1) is 0 Å². The molecule has 0 saturated carbocycles. The van der Waals surface area contributed by atoms with Crippen molar-refractivity contribution in [3.63, 3.8) is 0 Å². The molecule has 0 bridgehead atoms. The molecular formula is C36H64N7O17P3S. The number of nitrogens with one attached hydrogen (secondary N) is 2. The Balaban J connectivity index is 1.36. The summed E-state index contributed by atoms with van der Waals surface area (Å²) in [4.78, 5) is 88.3. The molecule has 3 heterocycles. The standard InChI is InChI=1S/C36H64N7O17P3S/c1-5-6-7-8-9-10-13-24(2)14-11-12-15-27(45)64-19-18-38-26(44)16-17-39-34(48)31(47)36(3,4)21-57-63(54,55)60-62(52,53)56-20-25-30(59-61(49,50)51)29(46)35(58-25)43-23-42-28-32(37)40-22-41-33(28)43/h22-25,29-31,35,46-47H,5-21H2,1-4H3,(H,38,44)(H,39,48)(H,52,53)(H,54,55)(H2,37,40,41)(H2,49,50,51).